The van der Waals surface area contributed by atoms with E-state index < -0.39 is 0 Å². The standard InChI is InChI=1S/C11H13NO/c1-8(13)6-9-2-3-11-10(7-9)4-5-12-11/h2-5,7-8,12-13H,6H2,1H3/t8-/m0/s1. The van der Waals surface area contributed by atoms with Crippen LogP contribution in [0.3, 0.4) is 0 Å². The third kappa shape index (κ3) is 1.73. The number of benzene rings is 1. The first-order valence-corrected chi connectivity index (χ1v) is 4.50. The maximum atomic E-state index is 9.22. The Kier molecular flexibility index (Phi) is 2.07. The number of H-pyrrole nitrogens is 1. The largest absolute Gasteiger partial charge is 0.393 e. The third-order valence-electron chi connectivity index (χ3n) is 2.15. The Morgan fingerprint density at radius 2 is 2.23 bits per heavy atom. The van der Waals surface area contributed by atoms with E-state index in [0.29, 0.717) is 0 Å². The topological polar surface area (TPSA) is 36.0 Å². The Bertz CT molecular complexity index is 403. The van der Waals surface area contributed by atoms with Crippen molar-refractivity contribution in [1.82, 2.24) is 4.98 Å². The molecule has 0 unspecified atom stereocenters. The molecular formula is C11H13NO. The Hall–Kier alpha value is -1.28. The van der Waals surface area contributed by atoms with Gasteiger partial charge >= 0.3 is 0 Å². The Labute approximate surface area is 77.2 Å². The van der Waals surface area contributed by atoms with Gasteiger partial charge in [0.2, 0.25) is 0 Å². The lowest BCUT2D eigenvalue weighted by Gasteiger charge is -2.03. The fourth-order valence-electron chi connectivity index (χ4n) is 1.57. The lowest BCUT2D eigenvalue weighted by Crippen LogP contribution is -2.03. The molecule has 1 heterocycles. The molecule has 0 saturated carbocycles. The second-order valence-corrected chi connectivity index (χ2v) is 3.45. The number of aliphatic hydroxyl groups excluding tert-OH is 1. The molecule has 1 aromatic carbocycles. The number of hydrogen-bond acceptors (Lipinski definition) is 1. The number of fused-ring (bicyclic) bond motifs is 1. The monoisotopic (exact) mass is 175 g/mol. The van der Waals surface area contributed by atoms with E-state index in [1.165, 1.54) is 10.9 Å². The summed E-state index contributed by atoms with van der Waals surface area (Å²) < 4.78 is 0. The number of nitrogens with one attached hydrogen (secondary N) is 1. The van der Waals surface area contributed by atoms with Crippen LogP contribution in [0.1, 0.15) is 12.5 Å². The molecule has 0 fully saturated rings. The van der Waals surface area contributed by atoms with Crippen molar-refractivity contribution in [3.05, 3.63) is 36.0 Å². The summed E-state index contributed by atoms with van der Waals surface area (Å²) in [5.41, 5.74) is 2.33. The van der Waals surface area contributed by atoms with E-state index in [0.717, 1.165) is 11.9 Å². The van der Waals surface area contributed by atoms with Crippen molar-refractivity contribution >= 4 is 10.9 Å². The van der Waals surface area contributed by atoms with Gasteiger partial charge < -0.3 is 10.1 Å². The molecule has 0 aliphatic heterocycles. The fourth-order valence-corrected chi connectivity index (χ4v) is 1.57. The van der Waals surface area contributed by atoms with Crippen LogP contribution in [0.15, 0.2) is 30.5 Å². The molecule has 2 aromatic rings. The van der Waals surface area contributed by atoms with Crippen LogP contribution in [0, 0.1) is 0 Å². The van der Waals surface area contributed by atoms with Crippen molar-refractivity contribution in [3.8, 4) is 0 Å². The fraction of sp³-hybridized carbons (Fsp3) is 0.273. The van der Waals surface area contributed by atoms with Crippen molar-refractivity contribution in [2.45, 2.75) is 19.4 Å². The zero-order valence-corrected chi connectivity index (χ0v) is 7.62. The first-order valence-electron chi connectivity index (χ1n) is 4.50. The summed E-state index contributed by atoms with van der Waals surface area (Å²) in [4.78, 5) is 3.14. The molecule has 0 aliphatic rings. The van der Waals surface area contributed by atoms with E-state index in [9.17, 15) is 5.11 Å². The maximum absolute atomic E-state index is 9.22. The highest BCUT2D eigenvalue weighted by atomic mass is 16.3. The van der Waals surface area contributed by atoms with Crippen LogP contribution >= 0.6 is 0 Å². The highest BCUT2D eigenvalue weighted by Crippen LogP contribution is 2.15. The van der Waals surface area contributed by atoms with Gasteiger partial charge in [0.1, 0.15) is 0 Å². The number of aromatic amines is 1. The van der Waals surface area contributed by atoms with E-state index in [4.69, 9.17) is 0 Å². The van der Waals surface area contributed by atoms with Gasteiger partial charge in [-0.15, -0.1) is 0 Å². The van der Waals surface area contributed by atoms with Crippen LogP contribution in [0.4, 0.5) is 0 Å². The molecular weight excluding hydrogens is 162 g/mol. The average Bonchev–Trinajstić information content (AvgIpc) is 2.49. The average molecular weight is 175 g/mol. The van der Waals surface area contributed by atoms with Gasteiger partial charge in [0.15, 0.2) is 0 Å². The van der Waals surface area contributed by atoms with E-state index in [2.05, 4.69) is 11.1 Å². The van der Waals surface area contributed by atoms with Crippen LogP contribution in [0.2, 0.25) is 0 Å². The van der Waals surface area contributed by atoms with Crippen LogP contribution in [-0.4, -0.2) is 16.2 Å². The second kappa shape index (κ2) is 3.23. The number of aliphatic hydroxyl groups is 1. The van der Waals surface area contributed by atoms with Gasteiger partial charge in [-0.05, 0) is 42.5 Å². The molecule has 0 aliphatic carbocycles. The van der Waals surface area contributed by atoms with Gasteiger partial charge in [-0.1, -0.05) is 6.07 Å². The zero-order chi connectivity index (χ0) is 9.26. The van der Waals surface area contributed by atoms with Crippen molar-refractivity contribution in [2.75, 3.05) is 0 Å². The molecule has 2 heteroatoms. The summed E-state index contributed by atoms with van der Waals surface area (Å²) >= 11 is 0. The lowest BCUT2D eigenvalue weighted by atomic mass is 10.1. The predicted octanol–water partition coefficient (Wildman–Crippen LogP) is 2.09. The molecule has 68 valence electrons. The van der Waals surface area contributed by atoms with Crippen LogP contribution in [0.25, 0.3) is 10.9 Å². The van der Waals surface area contributed by atoms with Gasteiger partial charge in [0.05, 0.1) is 6.10 Å². The highest BCUT2D eigenvalue weighted by molar-refractivity contribution is 5.79. The minimum Gasteiger partial charge on any atom is -0.393 e. The smallest absolute Gasteiger partial charge is 0.0552 e. The molecule has 1 atom stereocenters. The predicted molar refractivity (Wildman–Crippen MR) is 53.7 cm³/mol. The second-order valence-electron chi connectivity index (χ2n) is 3.45. The van der Waals surface area contributed by atoms with Crippen molar-refractivity contribution in [2.24, 2.45) is 0 Å². The number of rotatable bonds is 2. The van der Waals surface area contributed by atoms with Crippen molar-refractivity contribution in [1.29, 1.82) is 0 Å². The van der Waals surface area contributed by atoms with Crippen molar-refractivity contribution in [3.63, 3.8) is 0 Å². The molecule has 0 radical (unpaired) electrons. The normalized spacial score (nSPS) is 13.4. The van der Waals surface area contributed by atoms with Crippen LogP contribution in [-0.2, 0) is 6.42 Å². The van der Waals surface area contributed by atoms with Gasteiger partial charge in [-0.2, -0.15) is 0 Å². The molecule has 0 amide bonds. The first kappa shape index (κ1) is 8.32. The lowest BCUT2D eigenvalue weighted by molar-refractivity contribution is 0.195. The van der Waals surface area contributed by atoms with Gasteiger partial charge in [-0.3, -0.25) is 0 Å². The summed E-state index contributed by atoms with van der Waals surface area (Å²) in [5.74, 6) is 0. The summed E-state index contributed by atoms with van der Waals surface area (Å²) in [7, 11) is 0. The van der Waals surface area contributed by atoms with Gasteiger partial charge in [-0.25, -0.2) is 0 Å². The van der Waals surface area contributed by atoms with Gasteiger partial charge in [0.25, 0.3) is 0 Å². The quantitative estimate of drug-likeness (QED) is 0.720. The SMILES string of the molecule is C[C@H](O)Cc1ccc2[nH]ccc2c1. The Balaban J connectivity index is 2.37. The Morgan fingerprint density at radius 1 is 1.38 bits per heavy atom. The number of aromatic nitrogens is 1. The van der Waals surface area contributed by atoms with Gasteiger partial charge in [0, 0.05) is 11.7 Å². The molecule has 2 N–H and O–H groups in total. The summed E-state index contributed by atoms with van der Waals surface area (Å²) in [5, 5.41) is 10.4. The van der Waals surface area contributed by atoms with Crippen LogP contribution in [0.5, 0.6) is 0 Å². The maximum Gasteiger partial charge on any atom is 0.0552 e. The zero-order valence-electron chi connectivity index (χ0n) is 7.62. The highest BCUT2D eigenvalue weighted by Gasteiger charge is 2.00. The first-order chi connectivity index (χ1) is 6.25. The molecule has 1 aromatic heterocycles. The minimum atomic E-state index is -0.267. The molecule has 2 rings (SSSR count). The van der Waals surface area contributed by atoms with Crippen LogP contribution < -0.4 is 0 Å². The number of hydrogen-bond donors (Lipinski definition) is 2. The summed E-state index contributed by atoms with van der Waals surface area (Å²) in [6.45, 7) is 1.81. The third-order valence-corrected chi connectivity index (χ3v) is 2.15. The molecule has 0 spiro atoms. The summed E-state index contributed by atoms with van der Waals surface area (Å²) in [6, 6.07) is 8.25. The molecule has 0 saturated heterocycles. The minimum absolute atomic E-state index is 0.267. The van der Waals surface area contributed by atoms with Crippen molar-refractivity contribution < 1.29 is 5.11 Å². The van der Waals surface area contributed by atoms with E-state index >= 15 is 0 Å². The van der Waals surface area contributed by atoms with E-state index in [1.54, 1.807) is 6.92 Å². The van der Waals surface area contributed by atoms with E-state index in [1.807, 2.05) is 24.4 Å². The molecule has 13 heavy (non-hydrogen) atoms. The Morgan fingerprint density at radius 3 is 3.00 bits per heavy atom. The summed E-state index contributed by atoms with van der Waals surface area (Å²) in [6.07, 6.45) is 2.38. The van der Waals surface area contributed by atoms with E-state index in [-0.39, 0.29) is 6.10 Å². The molecule has 0 bridgehead atoms. The molecule has 2 nitrogen and oxygen atoms in total.